The lowest BCUT2D eigenvalue weighted by Crippen LogP contribution is -2.05. The van der Waals surface area contributed by atoms with E-state index in [1.807, 2.05) is 24.4 Å². The first-order valence-corrected chi connectivity index (χ1v) is 8.09. The summed E-state index contributed by atoms with van der Waals surface area (Å²) in [4.78, 5) is 8.84. The zero-order valence-corrected chi connectivity index (χ0v) is 13.3. The molecule has 22 heavy (non-hydrogen) atoms. The Hall–Kier alpha value is -2.27. The molecule has 1 N–H and O–H groups in total. The van der Waals surface area contributed by atoms with Crippen molar-refractivity contribution in [2.45, 2.75) is 19.8 Å². The van der Waals surface area contributed by atoms with E-state index in [2.05, 4.69) is 50.8 Å². The van der Waals surface area contributed by atoms with Gasteiger partial charge in [-0.1, -0.05) is 35.9 Å². The van der Waals surface area contributed by atoms with Crippen molar-refractivity contribution in [1.82, 2.24) is 14.3 Å². The van der Waals surface area contributed by atoms with Crippen molar-refractivity contribution < 1.29 is 0 Å². The first kappa shape index (κ1) is 14.7. The molecule has 0 fully saturated rings. The Morgan fingerprint density at radius 2 is 1.95 bits per heavy atom. The monoisotopic (exact) mass is 310 g/mol. The average molecular weight is 310 g/mol. The van der Waals surface area contributed by atoms with E-state index in [1.165, 1.54) is 22.7 Å². The summed E-state index contributed by atoms with van der Waals surface area (Å²) in [5.74, 6) is 0.870. The van der Waals surface area contributed by atoms with E-state index in [-0.39, 0.29) is 0 Å². The molecule has 0 atom stereocenters. The van der Waals surface area contributed by atoms with E-state index in [1.54, 1.807) is 0 Å². The zero-order valence-electron chi connectivity index (χ0n) is 12.5. The van der Waals surface area contributed by atoms with Crippen LogP contribution in [0.3, 0.4) is 0 Å². The van der Waals surface area contributed by atoms with Crippen LogP contribution in [0, 0.1) is 6.92 Å². The van der Waals surface area contributed by atoms with Crippen molar-refractivity contribution in [3.05, 3.63) is 71.3 Å². The highest BCUT2D eigenvalue weighted by Gasteiger charge is 2.05. The first-order valence-electron chi connectivity index (χ1n) is 7.31. The molecule has 5 heteroatoms. The van der Waals surface area contributed by atoms with Crippen LogP contribution < -0.4 is 5.32 Å². The van der Waals surface area contributed by atoms with Gasteiger partial charge in [0.05, 0.1) is 0 Å². The van der Waals surface area contributed by atoms with Gasteiger partial charge in [0, 0.05) is 42.8 Å². The minimum Gasteiger partial charge on any atom is -0.360 e. The fourth-order valence-corrected chi connectivity index (χ4v) is 2.74. The van der Waals surface area contributed by atoms with Gasteiger partial charge in [-0.2, -0.15) is 4.37 Å². The van der Waals surface area contributed by atoms with Crippen molar-refractivity contribution in [2.24, 2.45) is 0 Å². The van der Waals surface area contributed by atoms with Crippen LogP contribution in [0.2, 0.25) is 0 Å². The van der Waals surface area contributed by atoms with Crippen LogP contribution in [0.4, 0.5) is 5.13 Å². The van der Waals surface area contributed by atoms with Gasteiger partial charge in [0.25, 0.3) is 0 Å². The van der Waals surface area contributed by atoms with Crippen molar-refractivity contribution in [3.8, 4) is 0 Å². The summed E-state index contributed by atoms with van der Waals surface area (Å²) >= 11 is 1.41. The zero-order chi connectivity index (χ0) is 15.2. The normalized spacial score (nSPS) is 10.6. The Morgan fingerprint density at radius 3 is 2.73 bits per heavy atom. The molecule has 2 heterocycles. The molecular formula is C17H18N4S. The summed E-state index contributed by atoms with van der Waals surface area (Å²) in [6.07, 6.45) is 3.48. The highest BCUT2D eigenvalue weighted by Crippen LogP contribution is 2.14. The smallest absolute Gasteiger partial charge is 0.202 e. The summed E-state index contributed by atoms with van der Waals surface area (Å²) in [6, 6.07) is 14.5. The number of hydrogen-bond acceptors (Lipinski definition) is 5. The quantitative estimate of drug-likeness (QED) is 0.757. The Labute approximate surface area is 134 Å². The number of aromatic nitrogens is 3. The Bertz CT molecular complexity index is 707. The summed E-state index contributed by atoms with van der Waals surface area (Å²) in [5, 5.41) is 4.19. The van der Waals surface area contributed by atoms with Gasteiger partial charge in [-0.25, -0.2) is 4.98 Å². The summed E-state index contributed by atoms with van der Waals surface area (Å²) in [5.41, 5.74) is 3.59. The van der Waals surface area contributed by atoms with E-state index in [9.17, 15) is 0 Å². The molecule has 0 saturated heterocycles. The molecule has 0 amide bonds. The maximum absolute atomic E-state index is 4.54. The lowest BCUT2D eigenvalue weighted by atomic mass is 10.1. The molecule has 0 aliphatic rings. The van der Waals surface area contributed by atoms with E-state index >= 15 is 0 Å². The Balaban J connectivity index is 1.51. The van der Waals surface area contributed by atoms with Gasteiger partial charge in [0.15, 0.2) is 0 Å². The van der Waals surface area contributed by atoms with Crippen LogP contribution in [-0.2, 0) is 12.8 Å². The molecule has 3 rings (SSSR count). The minimum atomic E-state index is 0.776. The molecule has 4 nitrogen and oxygen atoms in total. The molecule has 112 valence electrons. The third-order valence-corrected chi connectivity index (χ3v) is 4.05. The maximum atomic E-state index is 4.54. The van der Waals surface area contributed by atoms with Gasteiger partial charge in [0.2, 0.25) is 5.13 Å². The van der Waals surface area contributed by atoms with E-state index < -0.39 is 0 Å². The van der Waals surface area contributed by atoms with Crippen LogP contribution >= 0.6 is 11.5 Å². The Kier molecular flexibility index (Phi) is 4.75. The summed E-state index contributed by atoms with van der Waals surface area (Å²) in [6.45, 7) is 2.91. The van der Waals surface area contributed by atoms with Gasteiger partial charge in [0.1, 0.15) is 5.82 Å². The van der Waals surface area contributed by atoms with Crippen molar-refractivity contribution in [3.63, 3.8) is 0 Å². The van der Waals surface area contributed by atoms with Crippen LogP contribution in [0.15, 0.2) is 48.7 Å². The van der Waals surface area contributed by atoms with Crippen molar-refractivity contribution in [1.29, 1.82) is 0 Å². The number of hydrogen-bond donors (Lipinski definition) is 1. The molecule has 0 radical (unpaired) electrons. The molecule has 0 spiro atoms. The van der Waals surface area contributed by atoms with Gasteiger partial charge < -0.3 is 5.32 Å². The topological polar surface area (TPSA) is 50.7 Å². The van der Waals surface area contributed by atoms with Gasteiger partial charge in [-0.3, -0.25) is 4.98 Å². The maximum Gasteiger partial charge on any atom is 0.202 e. The van der Waals surface area contributed by atoms with Crippen molar-refractivity contribution in [2.75, 3.05) is 11.9 Å². The molecular weight excluding hydrogens is 292 g/mol. The molecule has 1 aromatic carbocycles. The van der Waals surface area contributed by atoms with E-state index in [0.29, 0.717) is 0 Å². The second kappa shape index (κ2) is 7.13. The Morgan fingerprint density at radius 1 is 1.09 bits per heavy atom. The fourth-order valence-electron chi connectivity index (χ4n) is 2.13. The van der Waals surface area contributed by atoms with Crippen LogP contribution in [-0.4, -0.2) is 20.9 Å². The minimum absolute atomic E-state index is 0.776. The standard InChI is InChI=1S/C17H18N4S/c1-13-5-7-14(8-6-13)12-16-20-17(22-21-16)19-11-9-15-4-2-3-10-18-15/h2-8,10H,9,11-12H2,1H3,(H,19,20,21). The molecule has 0 aliphatic heterocycles. The third-order valence-electron chi connectivity index (χ3n) is 3.33. The number of nitrogens with one attached hydrogen (secondary N) is 1. The highest BCUT2D eigenvalue weighted by molar-refractivity contribution is 7.09. The SMILES string of the molecule is Cc1ccc(Cc2nsc(NCCc3ccccn3)n2)cc1. The number of nitrogens with zero attached hydrogens (tertiary/aromatic N) is 3. The third kappa shape index (κ3) is 4.11. The van der Waals surface area contributed by atoms with E-state index in [0.717, 1.165) is 36.0 Å². The highest BCUT2D eigenvalue weighted by atomic mass is 32.1. The predicted octanol–water partition coefficient (Wildman–Crippen LogP) is 3.49. The lowest BCUT2D eigenvalue weighted by Gasteiger charge is -2.01. The molecule has 3 aromatic rings. The number of benzene rings is 1. The second-order valence-electron chi connectivity index (χ2n) is 5.18. The fraction of sp³-hybridized carbons (Fsp3) is 0.235. The van der Waals surface area contributed by atoms with Gasteiger partial charge in [-0.15, -0.1) is 0 Å². The molecule has 0 saturated carbocycles. The van der Waals surface area contributed by atoms with Crippen molar-refractivity contribution >= 4 is 16.7 Å². The predicted molar refractivity (Wildman–Crippen MR) is 90.3 cm³/mol. The number of aryl methyl sites for hydroxylation is 1. The largest absolute Gasteiger partial charge is 0.360 e. The van der Waals surface area contributed by atoms with Gasteiger partial charge >= 0.3 is 0 Å². The van der Waals surface area contributed by atoms with Gasteiger partial charge in [-0.05, 0) is 24.6 Å². The summed E-state index contributed by atoms with van der Waals surface area (Å²) in [7, 11) is 0. The lowest BCUT2D eigenvalue weighted by molar-refractivity contribution is 0.953. The van der Waals surface area contributed by atoms with Crippen LogP contribution in [0.25, 0.3) is 0 Å². The molecule has 0 unspecified atom stereocenters. The number of pyridine rings is 1. The molecule has 0 aliphatic carbocycles. The molecule has 0 bridgehead atoms. The summed E-state index contributed by atoms with van der Waals surface area (Å²) < 4.78 is 4.41. The molecule has 2 aromatic heterocycles. The van der Waals surface area contributed by atoms with Crippen LogP contribution in [0.5, 0.6) is 0 Å². The number of anilines is 1. The van der Waals surface area contributed by atoms with E-state index in [4.69, 9.17) is 0 Å². The first-order chi connectivity index (χ1) is 10.8. The van der Waals surface area contributed by atoms with Crippen LogP contribution in [0.1, 0.15) is 22.6 Å². The average Bonchev–Trinajstić information content (AvgIpc) is 2.98. The number of rotatable bonds is 6. The second-order valence-corrected chi connectivity index (χ2v) is 5.93.